The first kappa shape index (κ1) is 19.1. The molecule has 1 saturated carbocycles. The summed E-state index contributed by atoms with van der Waals surface area (Å²) < 4.78 is 11.3. The first-order valence-corrected chi connectivity index (χ1v) is 9.42. The number of hydrogen-bond donors (Lipinski definition) is 3. The van der Waals surface area contributed by atoms with Crippen LogP contribution in [0.3, 0.4) is 0 Å². The van der Waals surface area contributed by atoms with Gasteiger partial charge in [-0.25, -0.2) is 4.79 Å². The van der Waals surface area contributed by atoms with Gasteiger partial charge in [-0.05, 0) is 38.8 Å². The summed E-state index contributed by atoms with van der Waals surface area (Å²) in [5.74, 6) is 1.13. The number of rotatable bonds is 6. The van der Waals surface area contributed by atoms with E-state index in [1.54, 1.807) is 7.11 Å². The summed E-state index contributed by atoms with van der Waals surface area (Å²) in [5.41, 5.74) is -0.204. The number of para-hydroxylation sites is 1. The first-order chi connectivity index (χ1) is 13.0. The number of fused-ring (bicyclic) bond motifs is 1. The molecule has 1 aromatic carbocycles. The maximum Gasteiger partial charge on any atom is 0.315 e. The first-order valence-electron chi connectivity index (χ1n) is 9.42. The van der Waals surface area contributed by atoms with Crippen LogP contribution in [0.5, 0.6) is 5.75 Å². The average molecular weight is 373 g/mol. The van der Waals surface area contributed by atoms with Gasteiger partial charge in [0.25, 0.3) is 0 Å². The van der Waals surface area contributed by atoms with Crippen LogP contribution in [0.2, 0.25) is 0 Å². The lowest BCUT2D eigenvalue weighted by Crippen LogP contribution is -2.59. The fraction of sp³-hybridized carbons (Fsp3) is 0.500. The third-order valence-electron chi connectivity index (χ3n) is 5.10. The highest BCUT2D eigenvalue weighted by Gasteiger charge is 2.43. The lowest BCUT2D eigenvalue weighted by atomic mass is 9.96. The number of urea groups is 1. The number of ether oxygens (including phenoxy) is 1. The van der Waals surface area contributed by atoms with E-state index < -0.39 is 5.54 Å². The normalized spacial score (nSPS) is 16.7. The lowest BCUT2D eigenvalue weighted by Gasteiger charge is -2.30. The highest BCUT2D eigenvalue weighted by atomic mass is 16.5. The van der Waals surface area contributed by atoms with Crippen LogP contribution in [0.15, 0.2) is 28.7 Å². The molecular formula is C20H27N3O4. The van der Waals surface area contributed by atoms with Crippen LogP contribution in [-0.2, 0) is 4.79 Å². The Kier molecular flexibility index (Phi) is 5.58. The predicted molar refractivity (Wildman–Crippen MR) is 103 cm³/mol. The van der Waals surface area contributed by atoms with Gasteiger partial charge in [-0.15, -0.1) is 0 Å². The number of hydrogen-bond acceptors (Lipinski definition) is 4. The number of carbonyl (C=O) groups excluding carboxylic acids is 2. The van der Waals surface area contributed by atoms with Gasteiger partial charge in [0.2, 0.25) is 5.91 Å². The topological polar surface area (TPSA) is 92.6 Å². The summed E-state index contributed by atoms with van der Waals surface area (Å²) in [4.78, 5) is 25.0. The molecule has 1 heterocycles. The van der Waals surface area contributed by atoms with E-state index in [2.05, 4.69) is 16.0 Å². The summed E-state index contributed by atoms with van der Waals surface area (Å²) in [6.07, 6.45) is 3.10. The smallest absolute Gasteiger partial charge is 0.315 e. The van der Waals surface area contributed by atoms with Crippen molar-refractivity contribution >= 4 is 22.9 Å². The Morgan fingerprint density at radius 2 is 2.04 bits per heavy atom. The molecule has 1 atom stereocenters. The van der Waals surface area contributed by atoms with Gasteiger partial charge in [-0.1, -0.05) is 25.0 Å². The molecule has 0 spiro atoms. The van der Waals surface area contributed by atoms with E-state index >= 15 is 0 Å². The van der Waals surface area contributed by atoms with E-state index in [0.717, 1.165) is 18.2 Å². The van der Waals surface area contributed by atoms with Crippen LogP contribution in [0.4, 0.5) is 4.79 Å². The van der Waals surface area contributed by atoms with Crippen LogP contribution in [-0.4, -0.2) is 31.1 Å². The van der Waals surface area contributed by atoms with Crippen molar-refractivity contribution in [2.75, 3.05) is 13.7 Å². The second-order valence-electron chi connectivity index (χ2n) is 7.00. The van der Waals surface area contributed by atoms with Crippen LogP contribution >= 0.6 is 0 Å². The van der Waals surface area contributed by atoms with Crippen molar-refractivity contribution in [3.63, 3.8) is 0 Å². The third-order valence-corrected chi connectivity index (χ3v) is 5.10. The van der Waals surface area contributed by atoms with Crippen LogP contribution in [0.1, 0.15) is 51.3 Å². The number of carbonyl (C=O) groups is 2. The molecule has 27 heavy (non-hydrogen) atoms. The number of methoxy groups -OCH3 is 1. The van der Waals surface area contributed by atoms with Crippen LogP contribution < -0.4 is 20.7 Å². The van der Waals surface area contributed by atoms with E-state index in [0.29, 0.717) is 36.5 Å². The molecule has 7 heteroatoms. The Bertz CT molecular complexity index is 824. The van der Waals surface area contributed by atoms with Crippen LogP contribution in [0.25, 0.3) is 11.0 Å². The summed E-state index contributed by atoms with van der Waals surface area (Å²) in [6.45, 7) is 4.23. The second-order valence-corrected chi connectivity index (χ2v) is 7.00. The molecule has 0 aliphatic heterocycles. The Morgan fingerprint density at radius 1 is 1.30 bits per heavy atom. The number of amides is 3. The molecule has 7 nitrogen and oxygen atoms in total. The van der Waals surface area contributed by atoms with Gasteiger partial charge in [0, 0.05) is 11.9 Å². The summed E-state index contributed by atoms with van der Waals surface area (Å²) >= 11 is 0. The maximum absolute atomic E-state index is 13.0. The van der Waals surface area contributed by atoms with Crippen LogP contribution in [0, 0.1) is 0 Å². The second kappa shape index (κ2) is 7.90. The van der Waals surface area contributed by atoms with Crippen molar-refractivity contribution in [2.45, 2.75) is 51.1 Å². The van der Waals surface area contributed by atoms with E-state index in [1.165, 1.54) is 0 Å². The minimum atomic E-state index is -0.864. The highest BCUT2D eigenvalue weighted by molar-refractivity contribution is 5.91. The SMILES string of the molecule is CCNC(=O)NC1(C(=O)N[C@@H](C)c2cc3cccc(OC)c3o2)CCCC1. The number of nitrogens with one attached hydrogen (secondary N) is 3. The molecule has 0 unspecified atom stereocenters. The standard InChI is InChI=1S/C20H27N3O4/c1-4-21-19(25)23-20(10-5-6-11-20)18(24)22-13(2)16-12-14-8-7-9-15(26-3)17(14)27-16/h7-9,12-13H,4-6,10-11H2,1-3H3,(H,22,24)(H2,21,23,25)/t13-/m0/s1. The Balaban J connectivity index is 1.76. The molecular weight excluding hydrogens is 346 g/mol. The minimum absolute atomic E-state index is 0.175. The fourth-order valence-electron chi connectivity index (χ4n) is 3.65. The van der Waals surface area contributed by atoms with Crippen molar-refractivity contribution in [1.82, 2.24) is 16.0 Å². The number of furan rings is 1. The molecule has 146 valence electrons. The Labute approximate surface area is 158 Å². The molecule has 0 radical (unpaired) electrons. The zero-order valence-electron chi connectivity index (χ0n) is 16.1. The fourth-order valence-corrected chi connectivity index (χ4v) is 3.65. The van der Waals surface area contributed by atoms with Crippen molar-refractivity contribution in [2.24, 2.45) is 0 Å². The molecule has 1 aliphatic rings. The molecule has 0 bridgehead atoms. The van der Waals surface area contributed by atoms with E-state index in [9.17, 15) is 9.59 Å². The highest BCUT2D eigenvalue weighted by Crippen LogP contribution is 2.33. The van der Waals surface area contributed by atoms with Gasteiger partial charge in [-0.2, -0.15) is 0 Å². The van der Waals surface area contributed by atoms with Crippen molar-refractivity contribution < 1.29 is 18.7 Å². The molecule has 3 amide bonds. The minimum Gasteiger partial charge on any atom is -0.493 e. The zero-order chi connectivity index (χ0) is 19.4. The largest absolute Gasteiger partial charge is 0.493 e. The van der Waals surface area contributed by atoms with Gasteiger partial charge in [0.15, 0.2) is 11.3 Å². The maximum atomic E-state index is 13.0. The number of benzene rings is 1. The summed E-state index contributed by atoms with van der Waals surface area (Å²) in [5, 5.41) is 9.51. The molecule has 3 rings (SSSR count). The Morgan fingerprint density at radius 3 is 2.70 bits per heavy atom. The lowest BCUT2D eigenvalue weighted by molar-refractivity contribution is -0.127. The molecule has 1 aromatic heterocycles. The van der Waals surface area contributed by atoms with Crippen molar-refractivity contribution in [3.8, 4) is 5.75 Å². The van der Waals surface area contributed by atoms with E-state index in [-0.39, 0.29) is 18.0 Å². The van der Waals surface area contributed by atoms with E-state index in [4.69, 9.17) is 9.15 Å². The zero-order valence-corrected chi connectivity index (χ0v) is 16.1. The van der Waals surface area contributed by atoms with Crippen molar-refractivity contribution in [3.05, 3.63) is 30.0 Å². The molecule has 0 saturated heterocycles. The summed E-state index contributed by atoms with van der Waals surface area (Å²) in [6, 6.07) is 6.94. The third kappa shape index (κ3) is 3.86. The Hall–Kier alpha value is -2.70. The van der Waals surface area contributed by atoms with Gasteiger partial charge in [0.1, 0.15) is 11.3 Å². The quantitative estimate of drug-likeness (QED) is 0.725. The molecule has 1 aliphatic carbocycles. The molecule has 3 N–H and O–H groups in total. The predicted octanol–water partition coefficient (Wildman–Crippen LogP) is 3.25. The van der Waals surface area contributed by atoms with Gasteiger partial charge < -0.3 is 25.1 Å². The average Bonchev–Trinajstić information content (AvgIpc) is 3.29. The molecule has 1 fully saturated rings. The van der Waals surface area contributed by atoms with E-state index in [1.807, 2.05) is 38.1 Å². The van der Waals surface area contributed by atoms with Crippen molar-refractivity contribution in [1.29, 1.82) is 0 Å². The monoisotopic (exact) mass is 373 g/mol. The summed E-state index contributed by atoms with van der Waals surface area (Å²) in [7, 11) is 1.60. The van der Waals surface area contributed by atoms with Gasteiger partial charge in [0.05, 0.1) is 13.2 Å². The van der Waals surface area contributed by atoms with Gasteiger partial charge >= 0.3 is 6.03 Å². The molecule has 2 aromatic rings. The van der Waals surface area contributed by atoms with Gasteiger partial charge in [-0.3, -0.25) is 4.79 Å².